The minimum absolute atomic E-state index is 0.0862. The number of carbonyl (C=O) groups is 2. The Morgan fingerprint density at radius 3 is 2.03 bits per heavy atom. The Bertz CT molecular complexity index is 1030. The number of hydrogen-bond acceptors (Lipinski definition) is 3. The molecule has 3 aromatic carbocycles. The second-order valence-electron chi connectivity index (χ2n) is 7.87. The van der Waals surface area contributed by atoms with Crippen LogP contribution in [0.25, 0.3) is 0 Å². The Kier molecular flexibility index (Phi) is 6.80. The Balaban J connectivity index is 1.44. The van der Waals surface area contributed by atoms with Crippen LogP contribution in [-0.4, -0.2) is 48.9 Å². The lowest BCUT2D eigenvalue weighted by Crippen LogP contribution is -2.55. The Morgan fingerprint density at radius 2 is 1.41 bits per heavy atom. The zero-order valence-electron chi connectivity index (χ0n) is 17.8. The average molecular weight is 432 g/mol. The van der Waals surface area contributed by atoms with E-state index in [2.05, 4.69) is 10.2 Å². The van der Waals surface area contributed by atoms with Crippen LogP contribution in [0.15, 0.2) is 84.9 Å². The fourth-order valence-electron chi connectivity index (χ4n) is 3.94. The maximum absolute atomic E-state index is 13.4. The highest BCUT2D eigenvalue weighted by molar-refractivity contribution is 5.97. The van der Waals surface area contributed by atoms with Gasteiger partial charge >= 0.3 is 0 Å². The molecule has 0 saturated carbocycles. The van der Waals surface area contributed by atoms with E-state index in [4.69, 9.17) is 0 Å². The van der Waals surface area contributed by atoms with E-state index in [9.17, 15) is 14.0 Å². The number of nitrogens with zero attached hydrogens (tertiary/aromatic N) is 2. The monoisotopic (exact) mass is 431 g/mol. The number of benzene rings is 3. The quantitative estimate of drug-likeness (QED) is 0.650. The summed E-state index contributed by atoms with van der Waals surface area (Å²) in [6.45, 7) is 2.40. The summed E-state index contributed by atoms with van der Waals surface area (Å²) in [5, 5.41) is 2.94. The molecule has 5 nitrogen and oxygen atoms in total. The van der Waals surface area contributed by atoms with Crippen LogP contribution in [0.2, 0.25) is 0 Å². The van der Waals surface area contributed by atoms with Crippen molar-refractivity contribution in [3.8, 4) is 0 Å². The molecule has 1 saturated heterocycles. The molecular formula is C26H26FN3O2. The van der Waals surface area contributed by atoms with E-state index in [1.165, 1.54) is 12.1 Å². The van der Waals surface area contributed by atoms with Crippen molar-refractivity contribution in [2.24, 2.45) is 0 Å². The number of rotatable bonds is 6. The first kappa shape index (κ1) is 21.6. The first-order chi connectivity index (χ1) is 15.6. The molecule has 3 aromatic rings. The third-order valence-electron chi connectivity index (χ3n) is 5.71. The Morgan fingerprint density at radius 1 is 0.812 bits per heavy atom. The molecule has 6 heteroatoms. The number of carbonyl (C=O) groups excluding carboxylic acids is 2. The van der Waals surface area contributed by atoms with Crippen LogP contribution in [0.1, 0.15) is 15.9 Å². The van der Waals surface area contributed by atoms with Crippen LogP contribution >= 0.6 is 0 Å². The van der Waals surface area contributed by atoms with Gasteiger partial charge in [-0.3, -0.25) is 9.59 Å². The predicted molar refractivity (Wildman–Crippen MR) is 123 cm³/mol. The second-order valence-corrected chi connectivity index (χ2v) is 7.87. The molecule has 0 aliphatic carbocycles. The van der Waals surface area contributed by atoms with E-state index in [0.29, 0.717) is 38.2 Å². The van der Waals surface area contributed by atoms with Gasteiger partial charge in [-0.15, -0.1) is 0 Å². The van der Waals surface area contributed by atoms with E-state index >= 15 is 0 Å². The van der Waals surface area contributed by atoms with E-state index in [1.807, 2.05) is 36.4 Å². The van der Waals surface area contributed by atoms with Gasteiger partial charge in [-0.25, -0.2) is 4.39 Å². The van der Waals surface area contributed by atoms with Gasteiger partial charge in [0.05, 0.1) is 0 Å². The standard InChI is InChI=1S/C26H26FN3O2/c27-22-11-13-23(14-12-22)29-15-17-30(18-16-29)26(32)24(19-20-7-3-1-4-8-20)28-25(31)21-9-5-2-6-10-21/h1-14,24H,15-19H2,(H,28,31)/t24-/m1/s1. The van der Waals surface area contributed by atoms with Crippen molar-refractivity contribution in [3.63, 3.8) is 0 Å². The van der Waals surface area contributed by atoms with Gasteiger partial charge in [-0.1, -0.05) is 48.5 Å². The summed E-state index contributed by atoms with van der Waals surface area (Å²) >= 11 is 0. The maximum Gasteiger partial charge on any atom is 0.251 e. The molecule has 1 heterocycles. The number of nitrogens with one attached hydrogen (secondary N) is 1. The highest BCUT2D eigenvalue weighted by Crippen LogP contribution is 2.18. The maximum atomic E-state index is 13.4. The molecular weight excluding hydrogens is 405 g/mol. The molecule has 0 aromatic heterocycles. The topological polar surface area (TPSA) is 52.7 Å². The van der Waals surface area contributed by atoms with Gasteiger partial charge in [-0.2, -0.15) is 0 Å². The highest BCUT2D eigenvalue weighted by Gasteiger charge is 2.29. The Hall–Kier alpha value is -3.67. The van der Waals surface area contributed by atoms with E-state index in [1.54, 1.807) is 41.3 Å². The largest absolute Gasteiger partial charge is 0.368 e. The van der Waals surface area contributed by atoms with Crippen molar-refractivity contribution in [3.05, 3.63) is 102 Å². The molecule has 1 aliphatic heterocycles. The molecule has 164 valence electrons. The van der Waals surface area contributed by atoms with Crippen molar-refractivity contribution in [2.75, 3.05) is 31.1 Å². The van der Waals surface area contributed by atoms with Crippen molar-refractivity contribution in [2.45, 2.75) is 12.5 Å². The summed E-state index contributed by atoms with van der Waals surface area (Å²) in [4.78, 5) is 30.1. The third-order valence-corrected chi connectivity index (χ3v) is 5.71. The molecule has 32 heavy (non-hydrogen) atoms. The predicted octanol–water partition coefficient (Wildman–Crippen LogP) is 3.52. The average Bonchev–Trinajstić information content (AvgIpc) is 2.85. The summed E-state index contributed by atoms with van der Waals surface area (Å²) in [5.74, 6) is -0.609. The summed E-state index contributed by atoms with van der Waals surface area (Å²) in [6, 6.07) is 24.4. The molecule has 2 amide bonds. The van der Waals surface area contributed by atoms with Crippen molar-refractivity contribution >= 4 is 17.5 Å². The Labute approximate surface area is 187 Å². The summed E-state index contributed by atoms with van der Waals surface area (Å²) in [6.07, 6.45) is 0.427. The molecule has 0 unspecified atom stereocenters. The number of piperazine rings is 1. The van der Waals surface area contributed by atoms with Gasteiger partial charge in [0.2, 0.25) is 5.91 Å². The summed E-state index contributed by atoms with van der Waals surface area (Å²) < 4.78 is 13.2. The minimum Gasteiger partial charge on any atom is -0.368 e. The second kappa shape index (κ2) is 10.1. The van der Waals surface area contributed by atoms with Gasteiger partial charge in [0.25, 0.3) is 5.91 Å². The van der Waals surface area contributed by atoms with Gasteiger partial charge in [-0.05, 0) is 42.0 Å². The van der Waals surface area contributed by atoms with Crippen LogP contribution in [0, 0.1) is 5.82 Å². The minimum atomic E-state index is -0.650. The zero-order valence-corrected chi connectivity index (χ0v) is 17.8. The molecule has 0 spiro atoms. The highest BCUT2D eigenvalue weighted by atomic mass is 19.1. The smallest absolute Gasteiger partial charge is 0.251 e. The molecule has 4 rings (SSSR count). The molecule has 1 atom stereocenters. The van der Waals surface area contributed by atoms with E-state index < -0.39 is 6.04 Å². The molecule has 1 N–H and O–H groups in total. The van der Waals surface area contributed by atoms with Crippen LogP contribution in [0.5, 0.6) is 0 Å². The SMILES string of the molecule is O=C(N[C@H](Cc1ccccc1)C(=O)N1CCN(c2ccc(F)cc2)CC1)c1ccccc1. The van der Waals surface area contributed by atoms with Gasteiger partial charge in [0.1, 0.15) is 11.9 Å². The zero-order chi connectivity index (χ0) is 22.3. The van der Waals surface area contributed by atoms with Crippen LogP contribution in [0.4, 0.5) is 10.1 Å². The van der Waals surface area contributed by atoms with E-state index in [-0.39, 0.29) is 17.6 Å². The third kappa shape index (κ3) is 5.32. The van der Waals surface area contributed by atoms with Crippen molar-refractivity contribution < 1.29 is 14.0 Å². The lowest BCUT2D eigenvalue weighted by molar-refractivity contribution is -0.133. The van der Waals surface area contributed by atoms with E-state index in [0.717, 1.165) is 11.3 Å². The summed E-state index contributed by atoms with van der Waals surface area (Å²) in [5.41, 5.74) is 2.46. The van der Waals surface area contributed by atoms with Crippen LogP contribution in [-0.2, 0) is 11.2 Å². The fraction of sp³-hybridized carbons (Fsp3) is 0.231. The number of hydrogen-bond donors (Lipinski definition) is 1. The number of anilines is 1. The van der Waals surface area contributed by atoms with Crippen LogP contribution in [0.3, 0.4) is 0 Å². The van der Waals surface area contributed by atoms with Crippen molar-refractivity contribution in [1.82, 2.24) is 10.2 Å². The van der Waals surface area contributed by atoms with Gasteiger partial charge in [0.15, 0.2) is 0 Å². The molecule has 0 bridgehead atoms. The lowest BCUT2D eigenvalue weighted by Gasteiger charge is -2.37. The van der Waals surface area contributed by atoms with Gasteiger partial charge in [0, 0.05) is 43.9 Å². The molecule has 0 radical (unpaired) electrons. The normalized spacial score (nSPS) is 14.7. The van der Waals surface area contributed by atoms with Gasteiger partial charge < -0.3 is 15.1 Å². The summed E-state index contributed by atoms with van der Waals surface area (Å²) in [7, 11) is 0. The molecule has 1 aliphatic rings. The first-order valence-corrected chi connectivity index (χ1v) is 10.8. The number of halogens is 1. The number of amides is 2. The van der Waals surface area contributed by atoms with Crippen molar-refractivity contribution in [1.29, 1.82) is 0 Å². The first-order valence-electron chi connectivity index (χ1n) is 10.8. The lowest BCUT2D eigenvalue weighted by atomic mass is 10.0. The van der Waals surface area contributed by atoms with Crippen LogP contribution < -0.4 is 10.2 Å². The fourth-order valence-corrected chi connectivity index (χ4v) is 3.94. The molecule has 1 fully saturated rings.